The highest BCUT2D eigenvalue weighted by atomic mass is 79.9. The number of halogens is 4. The van der Waals surface area contributed by atoms with E-state index in [1.54, 1.807) is 6.92 Å². The minimum absolute atomic E-state index is 0.183. The quantitative estimate of drug-likeness (QED) is 0.377. The van der Waals surface area contributed by atoms with Gasteiger partial charge in [-0.15, -0.1) is 0 Å². The lowest BCUT2D eigenvalue weighted by atomic mass is 9.78. The normalized spacial score (nSPS) is 10.9. The summed E-state index contributed by atoms with van der Waals surface area (Å²) in [6, 6.07) is 7.59. The lowest BCUT2D eigenvalue weighted by molar-refractivity contribution is -0.116. The Morgan fingerprint density at radius 2 is 1.08 bits per heavy atom. The summed E-state index contributed by atoms with van der Waals surface area (Å²) in [5, 5.41) is 19.7. The average Bonchev–Trinajstić information content (AvgIpc) is 2.56. The van der Waals surface area contributed by atoms with Gasteiger partial charge < -0.3 is 15.0 Å². The molecule has 26 heavy (non-hydrogen) atoms. The zero-order valence-electron chi connectivity index (χ0n) is 14.8. The van der Waals surface area contributed by atoms with E-state index < -0.39 is 0 Å². The summed E-state index contributed by atoms with van der Waals surface area (Å²) < 4.78 is 2.54. The zero-order chi connectivity index (χ0) is 20.2. The Labute approximate surface area is 187 Å². The number of phenolic OH excluding ortho intramolecular Hbond substituents is 2. The molecule has 0 saturated heterocycles. The lowest BCUT2D eigenvalue weighted by Crippen LogP contribution is -2.19. The predicted octanol–water partition coefficient (Wildman–Crippen LogP) is 7.46. The molecule has 2 rings (SSSR count). The van der Waals surface area contributed by atoms with Gasteiger partial charge in [0.2, 0.25) is 0 Å². The Kier molecular flexibility index (Phi) is 8.84. The lowest BCUT2D eigenvalue weighted by Gasteiger charge is -2.27. The fourth-order valence-electron chi connectivity index (χ4n) is 2.02. The second-order valence-electron chi connectivity index (χ2n) is 6.26. The molecule has 0 heterocycles. The van der Waals surface area contributed by atoms with E-state index in [1.165, 1.54) is 0 Å². The number of hydrogen-bond acceptors (Lipinski definition) is 3. The molecule has 142 valence electrons. The third-order valence-electron chi connectivity index (χ3n) is 3.98. The highest BCUT2D eigenvalue weighted by Gasteiger charge is 2.26. The van der Waals surface area contributed by atoms with E-state index in [4.69, 9.17) is 0 Å². The van der Waals surface area contributed by atoms with E-state index >= 15 is 0 Å². The highest BCUT2D eigenvalue weighted by molar-refractivity contribution is 9.11. The van der Waals surface area contributed by atoms with E-state index in [0.29, 0.717) is 24.3 Å². The summed E-state index contributed by atoms with van der Waals surface area (Å²) in [5.41, 5.74) is 1.75. The summed E-state index contributed by atoms with van der Waals surface area (Å²) in [6.07, 6.45) is 0.667. The van der Waals surface area contributed by atoms with Crippen LogP contribution < -0.4 is 0 Å². The van der Waals surface area contributed by atoms with Crippen LogP contribution in [0.25, 0.3) is 0 Å². The summed E-state index contributed by atoms with van der Waals surface area (Å²) >= 11 is 13.5. The number of carbonyl (C=O) groups is 1. The maximum atomic E-state index is 9.85. The van der Waals surface area contributed by atoms with Crippen LogP contribution in [0.1, 0.15) is 45.2 Å². The SMILES string of the molecule is CC(C)(c1cc(Br)c(O)c(Br)c1)c1cc(Br)c(O)c(Br)c1.CCC(C)=O. The van der Waals surface area contributed by atoms with Gasteiger partial charge in [-0.1, -0.05) is 20.8 Å². The van der Waals surface area contributed by atoms with Crippen molar-refractivity contribution < 1.29 is 15.0 Å². The topological polar surface area (TPSA) is 57.5 Å². The molecule has 2 aromatic rings. The predicted molar refractivity (Wildman–Crippen MR) is 120 cm³/mol. The minimum atomic E-state index is -0.308. The van der Waals surface area contributed by atoms with Crippen LogP contribution in [0.15, 0.2) is 42.2 Å². The van der Waals surface area contributed by atoms with Crippen molar-refractivity contribution >= 4 is 69.5 Å². The van der Waals surface area contributed by atoms with Gasteiger partial charge in [0.1, 0.15) is 17.3 Å². The van der Waals surface area contributed by atoms with Crippen molar-refractivity contribution in [3.8, 4) is 11.5 Å². The average molecular weight is 616 g/mol. The number of carbonyl (C=O) groups excluding carboxylic acids is 1. The van der Waals surface area contributed by atoms with Gasteiger partial charge in [0.25, 0.3) is 0 Å². The van der Waals surface area contributed by atoms with Crippen LogP contribution >= 0.6 is 63.7 Å². The summed E-state index contributed by atoms with van der Waals surface area (Å²) in [6.45, 7) is 7.61. The maximum Gasteiger partial charge on any atom is 0.143 e. The first kappa shape index (κ1) is 23.7. The van der Waals surface area contributed by atoms with E-state index in [-0.39, 0.29) is 22.7 Å². The molecule has 0 radical (unpaired) electrons. The third-order valence-corrected chi connectivity index (χ3v) is 6.39. The molecule has 0 aliphatic heterocycles. The fourth-order valence-corrected chi connectivity index (χ4v) is 4.39. The molecule has 0 spiro atoms. The second-order valence-corrected chi connectivity index (χ2v) is 9.67. The molecule has 2 N–H and O–H groups in total. The summed E-state index contributed by atoms with van der Waals surface area (Å²) in [5.74, 6) is 0.621. The Balaban J connectivity index is 0.000000597. The van der Waals surface area contributed by atoms with Crippen LogP contribution in [0.4, 0.5) is 0 Å². The number of ketones is 1. The monoisotopic (exact) mass is 612 g/mol. The third kappa shape index (κ3) is 5.81. The Bertz CT molecular complexity index is 711. The second kappa shape index (κ2) is 9.71. The van der Waals surface area contributed by atoms with Gasteiger partial charge in [0, 0.05) is 11.8 Å². The molecule has 0 saturated carbocycles. The first-order valence-corrected chi connectivity index (χ1v) is 10.9. The number of rotatable bonds is 3. The standard InChI is InChI=1S/C15H12Br4O2.C4H8O/c1-15(2,7-3-9(16)13(20)10(17)4-7)8-5-11(18)14(21)12(19)6-8;1-3-4(2)5/h3-6,20-21H,1-2H3;3H2,1-2H3. The molecule has 0 aliphatic rings. The van der Waals surface area contributed by atoms with Gasteiger partial charge in [-0.3, -0.25) is 0 Å². The molecule has 0 fully saturated rings. The van der Waals surface area contributed by atoms with Gasteiger partial charge in [0.15, 0.2) is 0 Å². The first-order chi connectivity index (χ1) is 11.9. The number of hydrogen-bond donors (Lipinski definition) is 2. The largest absolute Gasteiger partial charge is 0.506 e. The molecule has 0 amide bonds. The van der Waals surface area contributed by atoms with Gasteiger partial charge in [-0.2, -0.15) is 0 Å². The van der Waals surface area contributed by atoms with Gasteiger partial charge in [0.05, 0.1) is 17.9 Å². The van der Waals surface area contributed by atoms with E-state index in [0.717, 1.165) is 11.1 Å². The number of Topliss-reactive ketones (excluding diaryl/α,β-unsaturated/α-hetero) is 1. The summed E-state index contributed by atoms with van der Waals surface area (Å²) in [4.78, 5) is 9.81. The van der Waals surface area contributed by atoms with E-state index in [9.17, 15) is 15.0 Å². The van der Waals surface area contributed by atoms with Crippen LogP contribution in [-0.2, 0) is 10.2 Å². The van der Waals surface area contributed by atoms with Crippen molar-refractivity contribution in [1.29, 1.82) is 0 Å². The van der Waals surface area contributed by atoms with Crippen molar-refractivity contribution in [3.63, 3.8) is 0 Å². The van der Waals surface area contributed by atoms with Gasteiger partial charge in [-0.25, -0.2) is 0 Å². The molecule has 0 unspecified atom stereocenters. The minimum Gasteiger partial charge on any atom is -0.506 e. The van der Waals surface area contributed by atoms with E-state index in [1.807, 2.05) is 31.2 Å². The van der Waals surface area contributed by atoms with Crippen LogP contribution in [0, 0.1) is 0 Å². The molecule has 7 heteroatoms. The van der Waals surface area contributed by atoms with Crippen molar-refractivity contribution in [3.05, 3.63) is 53.3 Å². The molecule has 0 atom stereocenters. The number of phenols is 2. The number of aromatic hydroxyl groups is 2. The van der Waals surface area contributed by atoms with Crippen LogP contribution in [0.2, 0.25) is 0 Å². The molecule has 2 aromatic carbocycles. The van der Waals surface area contributed by atoms with Crippen molar-refractivity contribution in [2.24, 2.45) is 0 Å². The smallest absolute Gasteiger partial charge is 0.143 e. The van der Waals surface area contributed by atoms with Crippen LogP contribution in [0.5, 0.6) is 11.5 Å². The number of benzene rings is 2. The fraction of sp³-hybridized carbons (Fsp3) is 0.316. The first-order valence-electron chi connectivity index (χ1n) is 7.78. The summed E-state index contributed by atoms with van der Waals surface area (Å²) in [7, 11) is 0. The molecule has 0 bridgehead atoms. The van der Waals surface area contributed by atoms with Crippen molar-refractivity contribution in [2.45, 2.75) is 39.5 Å². The van der Waals surface area contributed by atoms with E-state index in [2.05, 4.69) is 77.6 Å². The Hall–Kier alpha value is -0.370. The molecule has 0 aliphatic carbocycles. The Morgan fingerprint density at radius 1 is 0.846 bits per heavy atom. The van der Waals surface area contributed by atoms with Crippen molar-refractivity contribution in [2.75, 3.05) is 0 Å². The van der Waals surface area contributed by atoms with Crippen molar-refractivity contribution in [1.82, 2.24) is 0 Å². The van der Waals surface area contributed by atoms with Gasteiger partial charge in [-0.05, 0) is 106 Å². The maximum absolute atomic E-state index is 9.85. The molecular formula is C19H20Br4O3. The van der Waals surface area contributed by atoms with Crippen LogP contribution in [0.3, 0.4) is 0 Å². The van der Waals surface area contributed by atoms with Gasteiger partial charge >= 0.3 is 0 Å². The molecule has 0 aromatic heterocycles. The van der Waals surface area contributed by atoms with Crippen LogP contribution in [-0.4, -0.2) is 16.0 Å². The molecule has 3 nitrogen and oxygen atoms in total. The highest BCUT2D eigenvalue weighted by Crippen LogP contribution is 2.43. The zero-order valence-corrected chi connectivity index (χ0v) is 21.2. The molecular weight excluding hydrogens is 596 g/mol. The Morgan fingerprint density at radius 3 is 1.27 bits per heavy atom.